The SMILES string of the molecule is C=CCNS(=O)(=O)c1cccc(C(=O)Nc2ccc(OC)c(S(=O)(=O)N3CCCCC3)c2)c1. The number of sulfonamides is 2. The number of carbonyl (C=O) groups is 1. The Balaban J connectivity index is 1.87. The Morgan fingerprint density at radius 1 is 1.09 bits per heavy atom. The molecule has 178 valence electrons. The zero-order valence-corrected chi connectivity index (χ0v) is 19.9. The van der Waals surface area contributed by atoms with E-state index in [-0.39, 0.29) is 33.3 Å². The van der Waals surface area contributed by atoms with Crippen LogP contribution in [-0.2, 0) is 20.0 Å². The molecule has 0 aliphatic carbocycles. The van der Waals surface area contributed by atoms with Crippen molar-refractivity contribution in [1.29, 1.82) is 0 Å². The number of hydrogen-bond acceptors (Lipinski definition) is 6. The molecule has 9 nitrogen and oxygen atoms in total. The molecule has 0 atom stereocenters. The van der Waals surface area contributed by atoms with E-state index in [0.29, 0.717) is 13.1 Å². The summed E-state index contributed by atoms with van der Waals surface area (Å²) in [5.74, 6) is -0.401. The Morgan fingerprint density at radius 2 is 1.82 bits per heavy atom. The average Bonchev–Trinajstić information content (AvgIpc) is 2.83. The fourth-order valence-corrected chi connectivity index (χ4v) is 6.20. The van der Waals surface area contributed by atoms with E-state index < -0.39 is 26.0 Å². The highest BCUT2D eigenvalue weighted by Gasteiger charge is 2.29. The highest BCUT2D eigenvalue weighted by molar-refractivity contribution is 7.89. The van der Waals surface area contributed by atoms with Crippen molar-refractivity contribution in [1.82, 2.24) is 9.03 Å². The van der Waals surface area contributed by atoms with E-state index in [1.165, 1.54) is 60.0 Å². The lowest BCUT2D eigenvalue weighted by molar-refractivity contribution is 0.102. The summed E-state index contributed by atoms with van der Waals surface area (Å²) in [6.07, 6.45) is 3.97. The number of rotatable bonds is 9. The summed E-state index contributed by atoms with van der Waals surface area (Å²) in [6, 6.07) is 9.90. The Labute approximate surface area is 194 Å². The second kappa shape index (κ2) is 10.5. The molecule has 2 aromatic rings. The molecule has 1 aliphatic heterocycles. The van der Waals surface area contributed by atoms with Crippen LogP contribution in [0.1, 0.15) is 29.6 Å². The summed E-state index contributed by atoms with van der Waals surface area (Å²) in [6.45, 7) is 4.39. The van der Waals surface area contributed by atoms with E-state index in [1.807, 2.05) is 0 Å². The first-order valence-corrected chi connectivity index (χ1v) is 13.3. The lowest BCUT2D eigenvalue weighted by Crippen LogP contribution is -2.35. The summed E-state index contributed by atoms with van der Waals surface area (Å²) in [7, 11) is -6.22. The molecule has 0 radical (unpaired) electrons. The summed E-state index contributed by atoms with van der Waals surface area (Å²) >= 11 is 0. The van der Waals surface area contributed by atoms with Crippen molar-refractivity contribution in [3.8, 4) is 5.75 Å². The summed E-state index contributed by atoms with van der Waals surface area (Å²) in [5, 5.41) is 2.64. The van der Waals surface area contributed by atoms with Crippen LogP contribution in [0.5, 0.6) is 5.75 Å². The van der Waals surface area contributed by atoms with Gasteiger partial charge in [-0.05, 0) is 49.2 Å². The molecule has 1 aliphatic rings. The molecule has 1 fully saturated rings. The Hall–Kier alpha value is -2.73. The summed E-state index contributed by atoms with van der Waals surface area (Å²) < 4.78 is 60.0. The number of hydrogen-bond donors (Lipinski definition) is 2. The van der Waals surface area contributed by atoms with Crippen molar-refractivity contribution in [2.75, 3.05) is 32.1 Å². The molecule has 0 aromatic heterocycles. The molecule has 1 saturated heterocycles. The second-order valence-corrected chi connectivity index (χ2v) is 11.1. The molecular formula is C22H27N3O6S2. The van der Waals surface area contributed by atoms with Crippen LogP contribution >= 0.6 is 0 Å². The highest BCUT2D eigenvalue weighted by Crippen LogP contribution is 2.31. The molecule has 2 aromatic carbocycles. The number of nitrogens with zero attached hydrogens (tertiary/aromatic N) is 1. The zero-order chi connectivity index (χ0) is 24.1. The number of piperidine rings is 1. The molecule has 0 bridgehead atoms. The Kier molecular flexibility index (Phi) is 7.90. The van der Waals surface area contributed by atoms with Gasteiger partial charge in [-0.3, -0.25) is 4.79 Å². The van der Waals surface area contributed by atoms with Crippen LogP contribution in [0.3, 0.4) is 0 Å². The topological polar surface area (TPSA) is 122 Å². The van der Waals surface area contributed by atoms with Crippen molar-refractivity contribution >= 4 is 31.6 Å². The Bertz CT molecular complexity index is 1240. The van der Waals surface area contributed by atoms with Gasteiger partial charge in [0.25, 0.3) is 5.91 Å². The first kappa shape index (κ1) is 24.9. The van der Waals surface area contributed by atoms with E-state index in [9.17, 15) is 21.6 Å². The number of anilines is 1. The minimum atomic E-state index is -3.80. The van der Waals surface area contributed by atoms with Crippen LogP contribution in [0.25, 0.3) is 0 Å². The van der Waals surface area contributed by atoms with Crippen LogP contribution in [-0.4, -0.2) is 53.8 Å². The molecule has 1 heterocycles. The molecule has 0 spiro atoms. The molecule has 0 saturated carbocycles. The van der Waals surface area contributed by atoms with Gasteiger partial charge in [-0.1, -0.05) is 18.6 Å². The predicted molar refractivity (Wildman–Crippen MR) is 125 cm³/mol. The number of amides is 1. The number of carbonyl (C=O) groups excluding carboxylic acids is 1. The third-order valence-electron chi connectivity index (χ3n) is 5.18. The molecular weight excluding hydrogens is 466 g/mol. The third kappa shape index (κ3) is 5.80. The van der Waals surface area contributed by atoms with E-state index in [2.05, 4.69) is 16.6 Å². The lowest BCUT2D eigenvalue weighted by atomic mass is 10.2. The number of benzene rings is 2. The van der Waals surface area contributed by atoms with Crippen LogP contribution in [0.4, 0.5) is 5.69 Å². The minimum Gasteiger partial charge on any atom is -0.495 e. The number of methoxy groups -OCH3 is 1. The lowest BCUT2D eigenvalue weighted by Gasteiger charge is -2.26. The fourth-order valence-electron chi connectivity index (χ4n) is 3.46. The van der Waals surface area contributed by atoms with Gasteiger partial charge in [-0.2, -0.15) is 4.31 Å². The first-order chi connectivity index (χ1) is 15.7. The minimum absolute atomic E-state index is 0.0327. The monoisotopic (exact) mass is 493 g/mol. The van der Waals surface area contributed by atoms with Crippen LogP contribution in [0, 0.1) is 0 Å². The summed E-state index contributed by atoms with van der Waals surface area (Å²) in [4.78, 5) is 12.7. The number of nitrogens with one attached hydrogen (secondary N) is 2. The van der Waals surface area contributed by atoms with Crippen molar-refractivity contribution < 1.29 is 26.4 Å². The van der Waals surface area contributed by atoms with E-state index in [1.54, 1.807) is 0 Å². The van der Waals surface area contributed by atoms with Crippen LogP contribution < -0.4 is 14.8 Å². The van der Waals surface area contributed by atoms with Gasteiger partial charge in [0.05, 0.1) is 12.0 Å². The summed E-state index contributed by atoms with van der Waals surface area (Å²) in [5.41, 5.74) is 0.349. The van der Waals surface area contributed by atoms with E-state index in [4.69, 9.17) is 4.74 Å². The molecule has 3 rings (SSSR count). The maximum Gasteiger partial charge on any atom is 0.255 e. The maximum absolute atomic E-state index is 13.2. The van der Waals surface area contributed by atoms with Crippen molar-refractivity contribution in [3.63, 3.8) is 0 Å². The third-order valence-corrected chi connectivity index (χ3v) is 8.52. The Morgan fingerprint density at radius 3 is 2.48 bits per heavy atom. The first-order valence-electron chi connectivity index (χ1n) is 10.4. The van der Waals surface area contributed by atoms with Gasteiger partial charge in [-0.25, -0.2) is 21.6 Å². The van der Waals surface area contributed by atoms with E-state index >= 15 is 0 Å². The fraction of sp³-hybridized carbons (Fsp3) is 0.318. The highest BCUT2D eigenvalue weighted by atomic mass is 32.2. The van der Waals surface area contributed by atoms with Gasteiger partial charge in [0.15, 0.2) is 0 Å². The normalized spacial score (nSPS) is 15.1. The standard InChI is InChI=1S/C22H27N3O6S2/c1-3-12-23-32(27,28)19-9-7-8-17(15-19)22(26)24-18-10-11-20(31-2)21(16-18)33(29,30)25-13-5-4-6-14-25/h3,7-11,15-16,23H,1,4-6,12-14H2,2H3,(H,24,26). The van der Waals surface area contributed by atoms with Gasteiger partial charge in [0, 0.05) is 30.9 Å². The van der Waals surface area contributed by atoms with Gasteiger partial charge in [0.2, 0.25) is 20.0 Å². The van der Waals surface area contributed by atoms with Gasteiger partial charge < -0.3 is 10.1 Å². The maximum atomic E-state index is 13.2. The molecule has 1 amide bonds. The van der Waals surface area contributed by atoms with Crippen molar-refractivity contribution in [3.05, 3.63) is 60.7 Å². The smallest absolute Gasteiger partial charge is 0.255 e. The van der Waals surface area contributed by atoms with Crippen LogP contribution in [0.2, 0.25) is 0 Å². The quantitative estimate of drug-likeness (QED) is 0.518. The van der Waals surface area contributed by atoms with Gasteiger partial charge in [-0.15, -0.1) is 6.58 Å². The zero-order valence-electron chi connectivity index (χ0n) is 18.3. The van der Waals surface area contributed by atoms with Crippen molar-refractivity contribution in [2.24, 2.45) is 0 Å². The molecule has 2 N–H and O–H groups in total. The average molecular weight is 494 g/mol. The van der Waals surface area contributed by atoms with Gasteiger partial charge in [0.1, 0.15) is 10.6 Å². The predicted octanol–water partition coefficient (Wildman–Crippen LogP) is 2.59. The molecule has 11 heteroatoms. The van der Waals surface area contributed by atoms with E-state index in [0.717, 1.165) is 19.3 Å². The second-order valence-electron chi connectivity index (χ2n) is 7.45. The number of ether oxygens (including phenoxy) is 1. The molecule has 33 heavy (non-hydrogen) atoms. The van der Waals surface area contributed by atoms with Gasteiger partial charge >= 0.3 is 0 Å². The largest absolute Gasteiger partial charge is 0.495 e. The van der Waals surface area contributed by atoms with Crippen molar-refractivity contribution in [2.45, 2.75) is 29.1 Å². The molecule has 0 unspecified atom stereocenters. The van der Waals surface area contributed by atoms with Crippen LogP contribution in [0.15, 0.2) is 64.9 Å².